The summed E-state index contributed by atoms with van der Waals surface area (Å²) in [7, 11) is 0. The average molecular weight is 569 g/mol. The fraction of sp³-hybridized carbons (Fsp3) is 0.848. The minimum atomic E-state index is -0.889. The molecule has 0 saturated heterocycles. The Bertz CT molecular complexity index is 647. The molecule has 0 aromatic carbocycles. The van der Waals surface area contributed by atoms with Crippen LogP contribution in [0.25, 0.3) is 0 Å². The van der Waals surface area contributed by atoms with E-state index in [1.54, 1.807) is 0 Å². The molecule has 0 aliphatic heterocycles. The predicted molar refractivity (Wildman–Crippen MR) is 163 cm³/mol. The highest BCUT2D eigenvalue weighted by Crippen LogP contribution is 2.25. The van der Waals surface area contributed by atoms with Crippen LogP contribution >= 0.6 is 0 Å². The third kappa shape index (κ3) is 17.7. The standard InChI is InChI=1S/C33H61NO6/c1-5-9-10-11-12-13-14-15-16-17-18-19-20-21-22-23-24-34(25-28(6-2)31(35)36,26-29(7-3)32(37)38)27-30(8-4)33(39)40/h11-12,28-30H,5-10,13-27H2,1-4H3,(H2-,35,36,37,38,39,40)/p+1/b12-11+. The van der Waals surface area contributed by atoms with Gasteiger partial charge in [0.1, 0.15) is 17.8 Å². The Morgan fingerprint density at radius 2 is 0.850 bits per heavy atom. The van der Waals surface area contributed by atoms with E-state index in [1.165, 1.54) is 70.6 Å². The minimum Gasteiger partial charge on any atom is -0.481 e. The first-order valence-corrected chi connectivity index (χ1v) is 16.3. The van der Waals surface area contributed by atoms with Crippen molar-refractivity contribution in [3.05, 3.63) is 12.2 Å². The van der Waals surface area contributed by atoms with E-state index in [2.05, 4.69) is 19.1 Å². The smallest absolute Gasteiger partial charge is 0.312 e. The second kappa shape index (κ2) is 23.8. The van der Waals surface area contributed by atoms with Gasteiger partial charge in [0.2, 0.25) is 0 Å². The van der Waals surface area contributed by atoms with Crippen molar-refractivity contribution >= 4 is 17.9 Å². The van der Waals surface area contributed by atoms with E-state index in [9.17, 15) is 29.7 Å². The third-order valence-electron chi connectivity index (χ3n) is 8.49. The van der Waals surface area contributed by atoms with Crippen LogP contribution in [0.5, 0.6) is 0 Å². The molecule has 0 spiro atoms. The Balaban J connectivity index is 4.85. The molecule has 0 saturated carbocycles. The Hall–Kier alpha value is -1.89. The zero-order valence-corrected chi connectivity index (χ0v) is 26.2. The van der Waals surface area contributed by atoms with Crippen LogP contribution in [-0.4, -0.2) is 63.9 Å². The van der Waals surface area contributed by atoms with Crippen molar-refractivity contribution in [2.75, 3.05) is 26.2 Å². The second-order valence-electron chi connectivity index (χ2n) is 11.9. The van der Waals surface area contributed by atoms with Gasteiger partial charge in [-0.3, -0.25) is 14.4 Å². The molecular weight excluding hydrogens is 506 g/mol. The molecule has 3 atom stereocenters. The van der Waals surface area contributed by atoms with Gasteiger partial charge in [-0.2, -0.15) is 0 Å². The summed E-state index contributed by atoms with van der Waals surface area (Å²) < 4.78 is 0.258. The SMILES string of the molecule is CCCC/C=C/CCCCCCCCCCCC[N+](CC(CC)C(=O)O)(CC(CC)C(=O)O)CC(CC)C(=O)O. The number of rotatable bonds is 28. The van der Waals surface area contributed by atoms with Crippen molar-refractivity contribution in [2.24, 2.45) is 17.8 Å². The Labute approximate surface area is 245 Å². The Morgan fingerprint density at radius 3 is 1.18 bits per heavy atom. The summed E-state index contributed by atoms with van der Waals surface area (Å²) in [5.41, 5.74) is 0. The second-order valence-corrected chi connectivity index (χ2v) is 11.9. The van der Waals surface area contributed by atoms with Crippen LogP contribution in [0.15, 0.2) is 12.2 Å². The van der Waals surface area contributed by atoms with Gasteiger partial charge in [0, 0.05) is 0 Å². The summed E-state index contributed by atoms with van der Waals surface area (Å²) in [6.07, 6.45) is 22.7. The van der Waals surface area contributed by atoms with Crippen LogP contribution in [0.2, 0.25) is 0 Å². The topological polar surface area (TPSA) is 112 Å². The molecule has 0 fully saturated rings. The minimum absolute atomic E-state index is 0.258. The molecule has 0 radical (unpaired) electrons. The van der Waals surface area contributed by atoms with Gasteiger partial charge < -0.3 is 19.8 Å². The van der Waals surface area contributed by atoms with E-state index in [-0.39, 0.29) is 24.1 Å². The number of nitrogens with zero attached hydrogens (tertiary/aromatic N) is 1. The molecule has 0 amide bonds. The van der Waals surface area contributed by atoms with E-state index in [0.717, 1.165) is 19.3 Å². The van der Waals surface area contributed by atoms with Gasteiger partial charge in [-0.05, 0) is 51.4 Å². The maximum atomic E-state index is 12.0. The zero-order chi connectivity index (χ0) is 30.2. The number of carbonyl (C=O) groups is 3. The van der Waals surface area contributed by atoms with Gasteiger partial charge >= 0.3 is 17.9 Å². The van der Waals surface area contributed by atoms with E-state index in [1.807, 2.05) is 20.8 Å². The molecule has 234 valence electrons. The number of carboxylic acids is 3. The number of carboxylic acid groups (broad SMARTS) is 3. The monoisotopic (exact) mass is 568 g/mol. The Morgan fingerprint density at radius 1 is 0.525 bits per heavy atom. The summed E-state index contributed by atoms with van der Waals surface area (Å²) in [6, 6.07) is 0. The highest BCUT2D eigenvalue weighted by Gasteiger charge is 2.40. The molecule has 3 N–H and O–H groups in total. The normalized spacial score (nSPS) is 15.5. The van der Waals surface area contributed by atoms with Crippen molar-refractivity contribution in [3.63, 3.8) is 0 Å². The van der Waals surface area contributed by atoms with Crippen molar-refractivity contribution < 1.29 is 34.2 Å². The predicted octanol–water partition coefficient (Wildman–Crippen LogP) is 8.17. The van der Waals surface area contributed by atoms with Gasteiger partial charge in [-0.1, -0.05) is 97.6 Å². The van der Waals surface area contributed by atoms with Gasteiger partial charge in [0.25, 0.3) is 0 Å². The highest BCUT2D eigenvalue weighted by molar-refractivity contribution is 5.71. The van der Waals surface area contributed by atoms with Gasteiger partial charge in [-0.15, -0.1) is 0 Å². The fourth-order valence-corrected chi connectivity index (χ4v) is 5.73. The van der Waals surface area contributed by atoms with E-state index in [4.69, 9.17) is 0 Å². The largest absolute Gasteiger partial charge is 0.481 e. The summed E-state index contributed by atoms with van der Waals surface area (Å²) >= 11 is 0. The first-order chi connectivity index (χ1) is 19.2. The third-order valence-corrected chi connectivity index (χ3v) is 8.49. The number of aliphatic carboxylic acids is 3. The molecule has 0 bridgehead atoms. The number of allylic oxidation sites excluding steroid dienone is 2. The number of hydrogen-bond acceptors (Lipinski definition) is 3. The molecule has 0 aromatic rings. The van der Waals surface area contributed by atoms with Crippen molar-refractivity contribution in [3.8, 4) is 0 Å². The summed E-state index contributed by atoms with van der Waals surface area (Å²) in [5, 5.41) is 29.4. The molecule has 0 aromatic heterocycles. The average Bonchev–Trinajstić information content (AvgIpc) is 2.92. The molecule has 40 heavy (non-hydrogen) atoms. The summed E-state index contributed by atoms with van der Waals surface area (Å²) in [5.74, 6) is -4.51. The molecular formula is C33H62NO6+. The van der Waals surface area contributed by atoms with Crippen LogP contribution in [0.1, 0.15) is 137 Å². The molecule has 0 rings (SSSR count). The first kappa shape index (κ1) is 38.1. The maximum absolute atomic E-state index is 12.0. The molecule has 0 aliphatic rings. The lowest BCUT2D eigenvalue weighted by molar-refractivity contribution is -0.935. The van der Waals surface area contributed by atoms with E-state index < -0.39 is 35.7 Å². The lowest BCUT2D eigenvalue weighted by Crippen LogP contribution is -2.58. The number of quaternary nitrogens is 1. The van der Waals surface area contributed by atoms with E-state index >= 15 is 0 Å². The zero-order valence-electron chi connectivity index (χ0n) is 26.2. The van der Waals surface area contributed by atoms with Crippen LogP contribution in [0.3, 0.4) is 0 Å². The lowest BCUT2D eigenvalue weighted by atomic mass is 9.95. The number of unbranched alkanes of at least 4 members (excludes halogenated alkanes) is 12. The summed E-state index contributed by atoms with van der Waals surface area (Å²) in [6.45, 7) is 9.22. The van der Waals surface area contributed by atoms with Crippen molar-refractivity contribution in [1.82, 2.24) is 0 Å². The molecule has 0 aliphatic carbocycles. The molecule has 7 heteroatoms. The van der Waals surface area contributed by atoms with Crippen LogP contribution in [-0.2, 0) is 14.4 Å². The lowest BCUT2D eigenvalue weighted by Gasteiger charge is -2.43. The fourth-order valence-electron chi connectivity index (χ4n) is 5.73. The van der Waals surface area contributed by atoms with Gasteiger partial charge in [0.15, 0.2) is 0 Å². The summed E-state index contributed by atoms with van der Waals surface area (Å²) in [4.78, 5) is 35.9. The van der Waals surface area contributed by atoms with Crippen molar-refractivity contribution in [2.45, 2.75) is 137 Å². The molecule has 3 unspecified atom stereocenters. The molecule has 7 nitrogen and oxygen atoms in total. The maximum Gasteiger partial charge on any atom is 0.312 e. The molecule has 0 heterocycles. The quantitative estimate of drug-likeness (QED) is 0.0498. The number of hydrogen-bond donors (Lipinski definition) is 3. The van der Waals surface area contributed by atoms with Crippen LogP contribution < -0.4 is 0 Å². The highest BCUT2D eigenvalue weighted by atomic mass is 16.4. The first-order valence-electron chi connectivity index (χ1n) is 16.3. The Kier molecular flexibility index (Phi) is 22.7. The van der Waals surface area contributed by atoms with Gasteiger partial charge in [0.05, 0.1) is 26.2 Å². The van der Waals surface area contributed by atoms with E-state index in [0.29, 0.717) is 25.8 Å². The van der Waals surface area contributed by atoms with Crippen molar-refractivity contribution in [1.29, 1.82) is 0 Å². The van der Waals surface area contributed by atoms with Crippen LogP contribution in [0.4, 0.5) is 0 Å². The van der Waals surface area contributed by atoms with Gasteiger partial charge in [-0.25, -0.2) is 0 Å². The van der Waals surface area contributed by atoms with Crippen LogP contribution in [0, 0.1) is 17.8 Å².